The summed E-state index contributed by atoms with van der Waals surface area (Å²) in [4.78, 5) is 0.540. The van der Waals surface area contributed by atoms with Crippen LogP contribution in [0.1, 0.15) is 64.0 Å². The van der Waals surface area contributed by atoms with Crippen LogP contribution in [-0.4, -0.2) is 14.2 Å². The monoisotopic (exact) mass is 494 g/mol. The Morgan fingerprint density at radius 2 is 1.15 bits per heavy atom. The molecule has 0 spiro atoms. The number of aryl methyl sites for hydroxylation is 2. The molecule has 0 radical (unpaired) electrons. The van der Waals surface area contributed by atoms with Crippen molar-refractivity contribution in [1.82, 2.24) is 0 Å². The van der Waals surface area contributed by atoms with Gasteiger partial charge in [-0.15, -0.1) is 0 Å². The number of methoxy groups -OCH3 is 2. The van der Waals surface area contributed by atoms with Crippen LogP contribution in [0, 0.1) is 0 Å². The Balaban J connectivity index is 1.89. The van der Waals surface area contributed by atoms with E-state index in [1.54, 1.807) is 14.2 Å². The fraction of sp³-hybridized carbons (Fsp3) is 0.478. The molecule has 146 valence electrons. The van der Waals surface area contributed by atoms with E-state index in [-0.39, 0.29) is 9.65 Å². The Labute approximate surface area is 179 Å². The minimum atomic E-state index is 0.270. The predicted octanol–water partition coefficient (Wildman–Crippen LogP) is 7.33. The second-order valence-corrected chi connectivity index (χ2v) is 9.44. The first-order valence-electron chi connectivity index (χ1n) is 9.74. The average Bonchev–Trinajstić information content (AvgIpc) is 2.70. The highest BCUT2D eigenvalue weighted by molar-refractivity contribution is 9.09. The molecule has 0 aromatic heterocycles. The highest BCUT2D eigenvalue weighted by Crippen LogP contribution is 2.41. The van der Waals surface area contributed by atoms with Crippen LogP contribution in [0.3, 0.4) is 0 Å². The highest BCUT2D eigenvalue weighted by atomic mass is 79.9. The number of alkyl halides is 2. The van der Waals surface area contributed by atoms with Gasteiger partial charge in [0.2, 0.25) is 0 Å². The molecule has 2 aromatic carbocycles. The van der Waals surface area contributed by atoms with Gasteiger partial charge in [0.15, 0.2) is 0 Å². The lowest BCUT2D eigenvalue weighted by molar-refractivity contribution is 0.406. The number of rotatable bonds is 2. The topological polar surface area (TPSA) is 18.5 Å². The molecule has 0 heterocycles. The van der Waals surface area contributed by atoms with Crippen molar-refractivity contribution in [3.05, 3.63) is 58.7 Å². The van der Waals surface area contributed by atoms with E-state index in [1.807, 2.05) is 0 Å². The summed E-state index contributed by atoms with van der Waals surface area (Å²) in [6, 6.07) is 13.3. The largest absolute Gasteiger partial charge is 0.496 e. The van der Waals surface area contributed by atoms with Crippen molar-refractivity contribution < 1.29 is 9.47 Å². The third kappa shape index (κ3) is 5.29. The molecule has 2 unspecified atom stereocenters. The van der Waals surface area contributed by atoms with E-state index < -0.39 is 0 Å². The Morgan fingerprint density at radius 3 is 1.56 bits per heavy atom. The first-order chi connectivity index (χ1) is 13.1. The van der Waals surface area contributed by atoms with Crippen molar-refractivity contribution in [2.24, 2.45) is 0 Å². The van der Waals surface area contributed by atoms with Crippen LogP contribution < -0.4 is 9.47 Å². The average molecular weight is 496 g/mol. The van der Waals surface area contributed by atoms with Crippen LogP contribution in [0.25, 0.3) is 0 Å². The van der Waals surface area contributed by atoms with Gasteiger partial charge in [0, 0.05) is 20.8 Å². The maximum atomic E-state index is 5.62. The minimum Gasteiger partial charge on any atom is -0.496 e. The van der Waals surface area contributed by atoms with Crippen LogP contribution >= 0.6 is 31.9 Å². The molecule has 2 atom stereocenters. The summed E-state index contributed by atoms with van der Waals surface area (Å²) in [5.74, 6) is 1.94. The van der Waals surface area contributed by atoms with E-state index >= 15 is 0 Å². The molecule has 2 aromatic rings. The lowest BCUT2D eigenvalue weighted by Crippen LogP contribution is -2.01. The quantitative estimate of drug-likeness (QED) is 0.406. The van der Waals surface area contributed by atoms with E-state index in [4.69, 9.17) is 9.47 Å². The third-order valence-electron chi connectivity index (χ3n) is 5.37. The van der Waals surface area contributed by atoms with E-state index in [1.165, 1.54) is 41.5 Å². The summed E-state index contributed by atoms with van der Waals surface area (Å²) in [5.41, 5.74) is 5.32. The Kier molecular flexibility index (Phi) is 7.66. The van der Waals surface area contributed by atoms with Crippen molar-refractivity contribution in [2.45, 2.75) is 54.6 Å². The van der Waals surface area contributed by atoms with Crippen molar-refractivity contribution in [1.29, 1.82) is 0 Å². The standard InChI is InChI=1S/C23H28Br2O2/c1-26-22-12-8-16-6-4-3-5-7-17-9-13-23(27-2)19(15-17)21(25)11-10-20(24)18(22)14-16/h8-9,12-15,20-21H,3-7,10-11H2,1-2H3. The molecule has 1 aliphatic rings. The number of fused-ring (bicyclic) bond motifs is 4. The molecule has 2 nitrogen and oxygen atoms in total. The summed E-state index contributed by atoms with van der Waals surface area (Å²) in [6.07, 6.45) is 7.99. The lowest BCUT2D eigenvalue weighted by Gasteiger charge is -2.19. The third-order valence-corrected chi connectivity index (χ3v) is 7.27. The van der Waals surface area contributed by atoms with Crippen LogP contribution in [0.15, 0.2) is 36.4 Å². The van der Waals surface area contributed by atoms with E-state index in [0.717, 1.165) is 37.2 Å². The summed E-state index contributed by atoms with van der Waals surface area (Å²) >= 11 is 7.82. The zero-order chi connectivity index (χ0) is 19.2. The Bertz CT molecular complexity index is 697. The second-order valence-electron chi connectivity index (χ2n) is 7.23. The fourth-order valence-corrected chi connectivity index (χ4v) is 5.05. The van der Waals surface area contributed by atoms with Gasteiger partial charge in [0.25, 0.3) is 0 Å². The molecule has 3 rings (SSSR count). The molecule has 0 N–H and O–H groups in total. The number of benzene rings is 2. The van der Waals surface area contributed by atoms with Gasteiger partial charge in [-0.05, 0) is 61.8 Å². The Hall–Kier alpha value is -1.00. The maximum Gasteiger partial charge on any atom is 0.123 e. The Morgan fingerprint density at radius 1 is 0.704 bits per heavy atom. The molecule has 1 aliphatic carbocycles. The van der Waals surface area contributed by atoms with Crippen LogP contribution in [0.5, 0.6) is 11.5 Å². The van der Waals surface area contributed by atoms with Gasteiger partial charge in [-0.25, -0.2) is 0 Å². The normalized spacial score (nSPS) is 21.0. The SMILES string of the molecule is COc1ccc2cc1C(Br)CCC(Br)c1cc(ccc1OC)CCCCC2. The minimum absolute atomic E-state index is 0.270. The van der Waals surface area contributed by atoms with Crippen molar-refractivity contribution in [2.75, 3.05) is 14.2 Å². The smallest absolute Gasteiger partial charge is 0.123 e. The molecule has 0 saturated heterocycles. The van der Waals surface area contributed by atoms with Crippen molar-refractivity contribution >= 4 is 31.9 Å². The summed E-state index contributed by atoms with van der Waals surface area (Å²) in [6.45, 7) is 0. The molecule has 4 bridgehead atoms. The van der Waals surface area contributed by atoms with E-state index in [0.29, 0.717) is 0 Å². The van der Waals surface area contributed by atoms with Gasteiger partial charge < -0.3 is 9.47 Å². The molecule has 4 heteroatoms. The fourth-order valence-electron chi connectivity index (χ4n) is 3.81. The molecular formula is C23H28Br2O2. The zero-order valence-electron chi connectivity index (χ0n) is 16.1. The number of halogens is 2. The van der Waals surface area contributed by atoms with E-state index in [9.17, 15) is 0 Å². The highest BCUT2D eigenvalue weighted by Gasteiger charge is 2.19. The molecule has 0 amide bonds. The summed E-state index contributed by atoms with van der Waals surface area (Å²) in [7, 11) is 3.51. The van der Waals surface area contributed by atoms with Gasteiger partial charge in [-0.1, -0.05) is 62.5 Å². The van der Waals surface area contributed by atoms with Gasteiger partial charge >= 0.3 is 0 Å². The second kappa shape index (κ2) is 9.97. The van der Waals surface area contributed by atoms with Gasteiger partial charge in [0.05, 0.1) is 14.2 Å². The molecule has 0 fully saturated rings. The molecular weight excluding hydrogens is 468 g/mol. The zero-order valence-corrected chi connectivity index (χ0v) is 19.3. The van der Waals surface area contributed by atoms with Gasteiger partial charge in [0.1, 0.15) is 11.5 Å². The van der Waals surface area contributed by atoms with Gasteiger partial charge in [-0.3, -0.25) is 0 Å². The maximum absolute atomic E-state index is 5.62. The van der Waals surface area contributed by atoms with E-state index in [2.05, 4.69) is 68.3 Å². The first kappa shape index (κ1) is 20.7. The molecule has 27 heavy (non-hydrogen) atoms. The predicted molar refractivity (Wildman–Crippen MR) is 120 cm³/mol. The molecule has 0 saturated carbocycles. The van der Waals surface area contributed by atoms with Crippen molar-refractivity contribution in [3.63, 3.8) is 0 Å². The van der Waals surface area contributed by atoms with Gasteiger partial charge in [-0.2, -0.15) is 0 Å². The first-order valence-corrected chi connectivity index (χ1v) is 11.6. The van der Waals surface area contributed by atoms with Crippen molar-refractivity contribution in [3.8, 4) is 11.5 Å². The number of hydrogen-bond donors (Lipinski definition) is 0. The van der Waals surface area contributed by atoms with Crippen LogP contribution in [-0.2, 0) is 12.8 Å². The summed E-state index contributed by atoms with van der Waals surface area (Å²) < 4.78 is 11.2. The van der Waals surface area contributed by atoms with Crippen LogP contribution in [0.2, 0.25) is 0 Å². The number of hydrogen-bond acceptors (Lipinski definition) is 2. The molecule has 0 aliphatic heterocycles. The lowest BCUT2D eigenvalue weighted by atomic mass is 9.99. The summed E-state index contributed by atoms with van der Waals surface area (Å²) in [5, 5.41) is 0. The number of ether oxygens (including phenoxy) is 2. The van der Waals surface area contributed by atoms with Crippen LogP contribution in [0.4, 0.5) is 0 Å².